The van der Waals surface area contributed by atoms with Crippen LogP contribution in [0.15, 0.2) is 28.6 Å². The van der Waals surface area contributed by atoms with Crippen molar-refractivity contribution in [2.75, 3.05) is 20.1 Å². The molecule has 19 heavy (non-hydrogen) atoms. The van der Waals surface area contributed by atoms with E-state index in [2.05, 4.69) is 33.1 Å². The zero-order valence-corrected chi connectivity index (χ0v) is 13.0. The van der Waals surface area contributed by atoms with Crippen molar-refractivity contribution in [2.24, 2.45) is 0 Å². The molecule has 0 saturated carbocycles. The molecule has 1 heterocycles. The van der Waals surface area contributed by atoms with Crippen molar-refractivity contribution in [3.8, 4) is 0 Å². The molecule has 2 N–H and O–H groups in total. The quantitative estimate of drug-likeness (QED) is 0.774. The number of nitrogens with one attached hydrogen (secondary N) is 2. The number of likely N-dealkylation sites (N-methyl/N-ethyl adjacent to an activating group) is 1. The smallest absolute Gasteiger partial charge is 0.321 e. The molecule has 1 aromatic rings. The number of hydrogen-bond acceptors (Lipinski definition) is 4. The number of carbonyl (C=O) groups excluding carboxylic acids is 2. The average Bonchev–Trinajstić information content (AvgIpc) is 2.71. The topological polar surface area (TPSA) is 61.4 Å². The van der Waals surface area contributed by atoms with E-state index in [1.54, 1.807) is 17.4 Å². The fraction of sp³-hybridized carbons (Fsp3) is 0.333. The summed E-state index contributed by atoms with van der Waals surface area (Å²) in [4.78, 5) is 25.8. The van der Waals surface area contributed by atoms with Crippen LogP contribution < -0.4 is 10.6 Å². The summed E-state index contributed by atoms with van der Waals surface area (Å²) in [6.07, 6.45) is 1.55. The minimum Gasteiger partial charge on any atom is -0.334 e. The zero-order chi connectivity index (χ0) is 14.3. The molecule has 104 valence electrons. The summed E-state index contributed by atoms with van der Waals surface area (Å²) < 4.78 is 1.06. The molecule has 0 bridgehead atoms. The van der Waals surface area contributed by atoms with Crippen LogP contribution in [0.25, 0.3) is 0 Å². The van der Waals surface area contributed by atoms with Gasteiger partial charge < -0.3 is 5.32 Å². The molecular formula is C12H16BrN3O2S. The summed E-state index contributed by atoms with van der Waals surface area (Å²) in [5.74, 6) is -0.334. The second-order valence-electron chi connectivity index (χ2n) is 3.92. The van der Waals surface area contributed by atoms with Crippen molar-refractivity contribution >= 4 is 39.2 Å². The van der Waals surface area contributed by atoms with Crippen LogP contribution in [0.1, 0.15) is 4.88 Å². The Morgan fingerprint density at radius 2 is 2.26 bits per heavy atom. The molecule has 7 heteroatoms. The molecule has 0 saturated heterocycles. The third kappa shape index (κ3) is 6.51. The summed E-state index contributed by atoms with van der Waals surface area (Å²) in [6.45, 7) is 4.63. The SMILES string of the molecule is C=CCNC(=O)NC(=O)CN(C)Cc1ccc(Br)s1. The summed E-state index contributed by atoms with van der Waals surface area (Å²) in [6, 6.07) is 3.47. The number of thiophene rings is 1. The van der Waals surface area contributed by atoms with Gasteiger partial charge in [-0.25, -0.2) is 4.79 Å². The lowest BCUT2D eigenvalue weighted by atomic mass is 10.4. The number of urea groups is 1. The Labute approximate surface area is 124 Å². The highest BCUT2D eigenvalue weighted by molar-refractivity contribution is 9.11. The molecule has 0 radical (unpaired) electrons. The lowest BCUT2D eigenvalue weighted by Gasteiger charge is -2.14. The van der Waals surface area contributed by atoms with E-state index >= 15 is 0 Å². The second-order valence-corrected chi connectivity index (χ2v) is 6.47. The summed E-state index contributed by atoms with van der Waals surface area (Å²) >= 11 is 5.01. The van der Waals surface area contributed by atoms with Gasteiger partial charge >= 0.3 is 6.03 Å². The first-order chi connectivity index (χ1) is 9.01. The molecule has 0 aromatic carbocycles. The third-order valence-electron chi connectivity index (χ3n) is 2.13. The molecule has 0 aliphatic rings. The molecule has 0 unspecified atom stereocenters. The van der Waals surface area contributed by atoms with Crippen molar-refractivity contribution in [1.82, 2.24) is 15.5 Å². The van der Waals surface area contributed by atoms with E-state index in [0.717, 1.165) is 8.66 Å². The van der Waals surface area contributed by atoms with Crippen molar-refractivity contribution in [1.29, 1.82) is 0 Å². The van der Waals surface area contributed by atoms with Gasteiger partial charge in [-0.05, 0) is 35.1 Å². The fourth-order valence-electron chi connectivity index (χ4n) is 1.38. The van der Waals surface area contributed by atoms with Gasteiger partial charge in [0.05, 0.1) is 10.3 Å². The van der Waals surface area contributed by atoms with Gasteiger partial charge in [-0.1, -0.05) is 6.08 Å². The zero-order valence-electron chi connectivity index (χ0n) is 10.6. The minimum atomic E-state index is -0.503. The molecule has 0 spiro atoms. The Kier molecular flexibility index (Phi) is 6.75. The van der Waals surface area contributed by atoms with Gasteiger partial charge in [0, 0.05) is 18.0 Å². The van der Waals surface area contributed by atoms with E-state index in [4.69, 9.17) is 0 Å². The Morgan fingerprint density at radius 1 is 1.53 bits per heavy atom. The van der Waals surface area contributed by atoms with Gasteiger partial charge in [0.25, 0.3) is 0 Å². The van der Waals surface area contributed by atoms with Crippen LogP contribution in [0, 0.1) is 0 Å². The molecule has 3 amide bonds. The van der Waals surface area contributed by atoms with Gasteiger partial charge in [-0.3, -0.25) is 15.0 Å². The van der Waals surface area contributed by atoms with Gasteiger partial charge in [-0.15, -0.1) is 17.9 Å². The van der Waals surface area contributed by atoms with Gasteiger partial charge in [-0.2, -0.15) is 0 Å². The third-order valence-corrected chi connectivity index (χ3v) is 3.74. The Bertz CT molecular complexity index is 462. The van der Waals surface area contributed by atoms with Crippen LogP contribution in [0.5, 0.6) is 0 Å². The van der Waals surface area contributed by atoms with Crippen LogP contribution in [0.2, 0.25) is 0 Å². The van der Waals surface area contributed by atoms with E-state index in [1.165, 1.54) is 0 Å². The van der Waals surface area contributed by atoms with Crippen LogP contribution in [0.4, 0.5) is 4.79 Å². The molecule has 0 aliphatic heterocycles. The first-order valence-corrected chi connectivity index (χ1v) is 7.23. The number of imide groups is 1. The fourth-order valence-corrected chi connectivity index (χ4v) is 2.94. The Hall–Kier alpha value is -1.18. The first kappa shape index (κ1) is 15.9. The lowest BCUT2D eigenvalue weighted by molar-refractivity contribution is -0.120. The van der Waals surface area contributed by atoms with Crippen LogP contribution >= 0.6 is 27.3 Å². The van der Waals surface area contributed by atoms with Crippen molar-refractivity contribution < 1.29 is 9.59 Å². The molecule has 5 nitrogen and oxygen atoms in total. The molecule has 1 rings (SSSR count). The lowest BCUT2D eigenvalue weighted by Crippen LogP contribution is -2.43. The second kappa shape index (κ2) is 8.08. The van der Waals surface area contributed by atoms with Gasteiger partial charge in [0.15, 0.2) is 0 Å². The number of nitrogens with zero attached hydrogens (tertiary/aromatic N) is 1. The van der Waals surface area contributed by atoms with Crippen molar-refractivity contribution in [3.63, 3.8) is 0 Å². The van der Waals surface area contributed by atoms with E-state index < -0.39 is 6.03 Å². The first-order valence-electron chi connectivity index (χ1n) is 5.62. The monoisotopic (exact) mass is 345 g/mol. The maximum Gasteiger partial charge on any atom is 0.321 e. The number of carbonyl (C=O) groups is 2. The highest BCUT2D eigenvalue weighted by Crippen LogP contribution is 2.22. The van der Waals surface area contributed by atoms with Crippen molar-refractivity contribution in [3.05, 3.63) is 33.5 Å². The Morgan fingerprint density at radius 3 is 2.84 bits per heavy atom. The summed E-state index contributed by atoms with van der Waals surface area (Å²) in [5.41, 5.74) is 0. The largest absolute Gasteiger partial charge is 0.334 e. The number of amides is 3. The number of rotatable bonds is 6. The van der Waals surface area contributed by atoms with E-state index in [0.29, 0.717) is 13.1 Å². The Balaban J connectivity index is 2.31. The highest BCUT2D eigenvalue weighted by Gasteiger charge is 2.10. The maximum absolute atomic E-state index is 11.6. The standard InChI is InChI=1S/C12H16BrN3O2S/c1-3-6-14-12(18)15-11(17)8-16(2)7-9-4-5-10(13)19-9/h3-5H,1,6-8H2,2H3,(H2,14,15,17,18). The average molecular weight is 346 g/mol. The molecule has 1 aromatic heterocycles. The maximum atomic E-state index is 11.6. The summed E-state index contributed by atoms with van der Waals surface area (Å²) in [7, 11) is 1.83. The van der Waals surface area contributed by atoms with Crippen LogP contribution in [0.3, 0.4) is 0 Å². The van der Waals surface area contributed by atoms with E-state index in [9.17, 15) is 9.59 Å². The predicted molar refractivity (Wildman–Crippen MR) is 80.1 cm³/mol. The number of hydrogen-bond donors (Lipinski definition) is 2. The molecule has 0 aliphatic carbocycles. The van der Waals surface area contributed by atoms with E-state index in [-0.39, 0.29) is 12.5 Å². The molecule has 0 fully saturated rings. The van der Waals surface area contributed by atoms with Gasteiger partial charge in [0.2, 0.25) is 5.91 Å². The minimum absolute atomic E-state index is 0.164. The van der Waals surface area contributed by atoms with Crippen LogP contribution in [-0.4, -0.2) is 37.0 Å². The molecular weight excluding hydrogens is 330 g/mol. The van der Waals surface area contributed by atoms with Crippen LogP contribution in [-0.2, 0) is 11.3 Å². The summed E-state index contributed by atoms with van der Waals surface area (Å²) in [5, 5.41) is 4.73. The highest BCUT2D eigenvalue weighted by atomic mass is 79.9. The van der Waals surface area contributed by atoms with E-state index in [1.807, 2.05) is 24.1 Å². The normalized spacial score (nSPS) is 10.3. The van der Waals surface area contributed by atoms with Gasteiger partial charge in [0.1, 0.15) is 0 Å². The van der Waals surface area contributed by atoms with Crippen molar-refractivity contribution in [2.45, 2.75) is 6.54 Å². The molecule has 0 atom stereocenters. The predicted octanol–water partition coefficient (Wildman–Crippen LogP) is 1.95. The number of halogens is 1.